The summed E-state index contributed by atoms with van der Waals surface area (Å²) in [5.41, 5.74) is 10.5. The highest BCUT2D eigenvalue weighted by atomic mass is 32.2. The second-order valence-electron chi connectivity index (χ2n) is 10.4. The van der Waals surface area contributed by atoms with Gasteiger partial charge in [-0.25, -0.2) is 8.42 Å². The molecule has 37 heavy (non-hydrogen) atoms. The molecule has 1 saturated carbocycles. The molecule has 1 fully saturated rings. The summed E-state index contributed by atoms with van der Waals surface area (Å²) < 4.78 is 29.0. The van der Waals surface area contributed by atoms with Gasteiger partial charge in [-0.1, -0.05) is 48.5 Å². The number of sulfonamides is 1. The van der Waals surface area contributed by atoms with Crippen LogP contribution in [0.5, 0.6) is 0 Å². The Hall–Kier alpha value is -2.58. The number of rotatable bonds is 12. The molecule has 0 saturated heterocycles. The Balaban J connectivity index is 1.34. The molecule has 0 bridgehead atoms. The molecule has 2 aliphatic rings. The monoisotopic (exact) mass is 518 g/mol. The fourth-order valence-electron chi connectivity index (χ4n) is 5.35. The summed E-state index contributed by atoms with van der Waals surface area (Å²) in [6.07, 6.45) is 8.34. The Morgan fingerprint density at radius 1 is 0.892 bits per heavy atom. The van der Waals surface area contributed by atoms with Gasteiger partial charge in [-0.05, 0) is 85.9 Å². The number of pyridine rings is 1. The molecule has 6 nitrogen and oxygen atoms in total. The highest BCUT2D eigenvalue weighted by Gasteiger charge is 2.32. The third-order valence-corrected chi connectivity index (χ3v) is 9.39. The number of fused-ring (bicyclic) bond motifs is 1. The fraction of sp³-hybridized carbons (Fsp3) is 0.433. The predicted octanol–water partition coefficient (Wildman–Crippen LogP) is 4.91. The van der Waals surface area contributed by atoms with Crippen LogP contribution in [0.2, 0.25) is 0 Å². The summed E-state index contributed by atoms with van der Waals surface area (Å²) in [5, 5.41) is 0. The van der Waals surface area contributed by atoms with E-state index in [1.807, 2.05) is 54.7 Å². The number of nitrogens with zero attached hydrogens (tertiary/aromatic N) is 3. The predicted molar refractivity (Wildman–Crippen MR) is 147 cm³/mol. The van der Waals surface area contributed by atoms with Gasteiger partial charge in [0, 0.05) is 32.4 Å². The molecule has 2 N–H and O–H groups in total. The number of benzene rings is 2. The van der Waals surface area contributed by atoms with E-state index in [9.17, 15) is 8.42 Å². The molecule has 1 unspecified atom stereocenters. The van der Waals surface area contributed by atoms with Crippen molar-refractivity contribution in [3.05, 3.63) is 95.3 Å². The van der Waals surface area contributed by atoms with Crippen LogP contribution in [0.1, 0.15) is 60.5 Å². The topological polar surface area (TPSA) is 79.5 Å². The minimum absolute atomic E-state index is 0.264. The molecule has 196 valence electrons. The third-order valence-electron chi connectivity index (χ3n) is 7.56. The second-order valence-corrected chi connectivity index (χ2v) is 12.4. The molecule has 0 radical (unpaired) electrons. The molecule has 0 amide bonds. The van der Waals surface area contributed by atoms with Gasteiger partial charge in [0.05, 0.1) is 16.6 Å². The average molecular weight is 519 g/mol. The first kappa shape index (κ1) is 26.0. The highest BCUT2D eigenvalue weighted by molar-refractivity contribution is 7.89. The Morgan fingerprint density at radius 3 is 2.38 bits per heavy atom. The lowest BCUT2D eigenvalue weighted by molar-refractivity contribution is 0.165. The summed E-state index contributed by atoms with van der Waals surface area (Å²) in [5.74, 6) is 0.473. The largest absolute Gasteiger partial charge is 0.330 e. The van der Waals surface area contributed by atoms with Crippen molar-refractivity contribution in [3.63, 3.8) is 0 Å². The SMILES string of the molecule is NCCCN(Cc1ccc(S(=O)(=O)N(Cc2ccccc2)CC2CC2)cc1)C1CCCc2cccnc21. The van der Waals surface area contributed by atoms with Crippen LogP contribution >= 0.6 is 0 Å². The molecule has 1 aromatic heterocycles. The highest BCUT2D eigenvalue weighted by Crippen LogP contribution is 2.35. The van der Waals surface area contributed by atoms with Gasteiger partial charge in [-0.3, -0.25) is 9.88 Å². The third kappa shape index (κ3) is 6.47. The summed E-state index contributed by atoms with van der Waals surface area (Å²) in [7, 11) is -3.58. The fourth-order valence-corrected chi connectivity index (χ4v) is 6.86. The molecule has 1 heterocycles. The van der Waals surface area contributed by atoms with E-state index in [0.717, 1.165) is 62.7 Å². The second kappa shape index (κ2) is 11.9. The van der Waals surface area contributed by atoms with Gasteiger partial charge in [0.1, 0.15) is 0 Å². The van der Waals surface area contributed by atoms with Crippen molar-refractivity contribution in [2.45, 2.75) is 62.6 Å². The molecule has 0 aliphatic heterocycles. The molecule has 7 heteroatoms. The van der Waals surface area contributed by atoms with Crippen LogP contribution in [0, 0.1) is 5.92 Å². The molecule has 5 rings (SSSR count). The number of aromatic nitrogens is 1. The van der Waals surface area contributed by atoms with Crippen LogP contribution in [0.3, 0.4) is 0 Å². The van der Waals surface area contributed by atoms with E-state index in [1.165, 1.54) is 11.3 Å². The number of aryl methyl sites for hydroxylation is 1. The normalized spacial score (nSPS) is 17.8. The Labute approximate surface area is 221 Å². The van der Waals surface area contributed by atoms with Gasteiger partial charge in [-0.2, -0.15) is 4.31 Å². The summed E-state index contributed by atoms with van der Waals surface area (Å²) in [6.45, 7) is 3.27. The minimum atomic E-state index is -3.58. The Kier molecular flexibility index (Phi) is 8.35. The van der Waals surface area contributed by atoms with Gasteiger partial charge >= 0.3 is 0 Å². The van der Waals surface area contributed by atoms with E-state index < -0.39 is 10.0 Å². The standard InChI is InChI=1S/C30H38N4O2S/c31-18-6-20-33(29-11-4-9-27-10-5-19-32-30(27)29)21-25-14-16-28(17-15-25)37(35,36)34(23-26-12-13-26)22-24-7-2-1-3-8-24/h1-3,5,7-8,10,14-17,19,26,29H,4,6,9,11-13,18,20-23,31H2. The maximum Gasteiger partial charge on any atom is 0.243 e. The van der Waals surface area contributed by atoms with Gasteiger partial charge < -0.3 is 5.73 Å². The van der Waals surface area contributed by atoms with Gasteiger partial charge in [0.2, 0.25) is 10.0 Å². The molecule has 1 atom stereocenters. The lowest BCUT2D eigenvalue weighted by Gasteiger charge is -2.35. The smallest absolute Gasteiger partial charge is 0.243 e. The zero-order valence-electron chi connectivity index (χ0n) is 21.5. The van der Waals surface area contributed by atoms with E-state index in [4.69, 9.17) is 10.7 Å². The van der Waals surface area contributed by atoms with Crippen molar-refractivity contribution in [1.82, 2.24) is 14.2 Å². The van der Waals surface area contributed by atoms with Crippen molar-refractivity contribution < 1.29 is 8.42 Å². The number of hydrogen-bond donors (Lipinski definition) is 1. The van der Waals surface area contributed by atoms with Crippen LogP contribution in [0.15, 0.2) is 77.8 Å². The molecule has 0 spiro atoms. The van der Waals surface area contributed by atoms with Crippen LogP contribution in [-0.2, 0) is 29.5 Å². The molecular formula is C30H38N4O2S. The van der Waals surface area contributed by atoms with Crippen LogP contribution < -0.4 is 5.73 Å². The summed E-state index contributed by atoms with van der Waals surface area (Å²) in [4.78, 5) is 7.58. The van der Waals surface area contributed by atoms with E-state index in [2.05, 4.69) is 11.0 Å². The maximum atomic E-state index is 13.7. The number of hydrogen-bond acceptors (Lipinski definition) is 5. The van der Waals surface area contributed by atoms with E-state index in [-0.39, 0.29) is 6.04 Å². The summed E-state index contributed by atoms with van der Waals surface area (Å²) >= 11 is 0. The average Bonchev–Trinajstić information content (AvgIpc) is 3.75. The van der Waals surface area contributed by atoms with Crippen LogP contribution in [0.4, 0.5) is 0 Å². The first-order valence-electron chi connectivity index (χ1n) is 13.6. The first-order chi connectivity index (χ1) is 18.0. The van der Waals surface area contributed by atoms with Crippen molar-refractivity contribution in [1.29, 1.82) is 0 Å². The van der Waals surface area contributed by atoms with Crippen LogP contribution in [0.25, 0.3) is 0 Å². The van der Waals surface area contributed by atoms with Crippen molar-refractivity contribution in [2.24, 2.45) is 11.7 Å². The number of nitrogens with two attached hydrogens (primary N) is 1. The quantitative estimate of drug-likeness (QED) is 0.369. The van der Waals surface area contributed by atoms with Crippen molar-refractivity contribution in [2.75, 3.05) is 19.6 Å². The Bertz CT molecular complexity index is 1260. The zero-order valence-corrected chi connectivity index (χ0v) is 22.3. The molecular weight excluding hydrogens is 480 g/mol. The lowest BCUT2D eigenvalue weighted by Crippen LogP contribution is -2.33. The van der Waals surface area contributed by atoms with E-state index >= 15 is 0 Å². The minimum Gasteiger partial charge on any atom is -0.330 e. The van der Waals surface area contributed by atoms with Gasteiger partial charge in [0.25, 0.3) is 0 Å². The molecule has 3 aromatic rings. The van der Waals surface area contributed by atoms with E-state index in [1.54, 1.807) is 16.4 Å². The Morgan fingerprint density at radius 2 is 1.65 bits per heavy atom. The summed E-state index contributed by atoms with van der Waals surface area (Å²) in [6, 6.07) is 21.9. The molecule has 2 aromatic carbocycles. The first-order valence-corrected chi connectivity index (χ1v) is 15.0. The molecule has 2 aliphatic carbocycles. The van der Waals surface area contributed by atoms with Crippen molar-refractivity contribution in [3.8, 4) is 0 Å². The van der Waals surface area contributed by atoms with Gasteiger partial charge in [-0.15, -0.1) is 0 Å². The van der Waals surface area contributed by atoms with Gasteiger partial charge in [0.15, 0.2) is 0 Å². The zero-order chi connectivity index (χ0) is 25.7. The van der Waals surface area contributed by atoms with E-state index in [0.29, 0.717) is 30.4 Å². The van der Waals surface area contributed by atoms with Crippen molar-refractivity contribution >= 4 is 10.0 Å². The lowest BCUT2D eigenvalue weighted by atomic mass is 9.90. The van der Waals surface area contributed by atoms with Crippen LogP contribution in [-0.4, -0.2) is 42.2 Å². The maximum absolute atomic E-state index is 13.7.